The molecule has 0 heterocycles. The van der Waals surface area contributed by atoms with Gasteiger partial charge in [0, 0.05) is 54.0 Å². The van der Waals surface area contributed by atoms with E-state index < -0.39 is 17.1 Å². The summed E-state index contributed by atoms with van der Waals surface area (Å²) in [7, 11) is 3.71. The molecule has 0 aliphatic carbocycles. The molecule has 0 saturated heterocycles. The summed E-state index contributed by atoms with van der Waals surface area (Å²) in [4.78, 5) is 8.72. The van der Waals surface area contributed by atoms with Crippen LogP contribution in [0.4, 0.5) is 0 Å². The van der Waals surface area contributed by atoms with Crippen molar-refractivity contribution in [1.29, 1.82) is 0 Å². The first kappa shape index (κ1) is 22.6. The van der Waals surface area contributed by atoms with Crippen LogP contribution in [0.25, 0.3) is 0 Å². The zero-order valence-electron chi connectivity index (χ0n) is 16.6. The summed E-state index contributed by atoms with van der Waals surface area (Å²) in [5.74, 6) is 0.969. The van der Waals surface area contributed by atoms with E-state index >= 15 is 0 Å². The van der Waals surface area contributed by atoms with Crippen LogP contribution in [0.15, 0.2) is 4.99 Å². The summed E-state index contributed by atoms with van der Waals surface area (Å²) >= 11 is 0. The SMILES string of the molecule is CCO[Si](CCCN=C(N(C)C)N(C)C)(OCC)O[Si](C)(C)C. The minimum Gasteiger partial charge on any atom is -0.416 e. The van der Waals surface area contributed by atoms with Gasteiger partial charge in [0.05, 0.1) is 0 Å². The monoisotopic (exact) mass is 363 g/mol. The lowest BCUT2D eigenvalue weighted by molar-refractivity contribution is 0.114. The first-order valence-corrected chi connectivity index (χ1v) is 13.8. The fourth-order valence-electron chi connectivity index (χ4n) is 2.36. The molecule has 0 bridgehead atoms. The van der Waals surface area contributed by atoms with Crippen molar-refractivity contribution in [2.24, 2.45) is 4.99 Å². The van der Waals surface area contributed by atoms with Crippen molar-refractivity contribution in [2.75, 3.05) is 47.9 Å². The molecule has 138 valence electrons. The first-order chi connectivity index (χ1) is 10.6. The Kier molecular flexibility index (Phi) is 10.3. The Morgan fingerprint density at radius 1 is 0.913 bits per heavy atom. The fraction of sp³-hybridized carbons (Fsp3) is 0.933. The van der Waals surface area contributed by atoms with E-state index in [1.807, 2.05) is 51.8 Å². The van der Waals surface area contributed by atoms with Gasteiger partial charge in [0.2, 0.25) is 0 Å². The molecule has 0 aromatic rings. The average molecular weight is 364 g/mol. The summed E-state index contributed by atoms with van der Waals surface area (Å²) in [6.45, 7) is 12.5. The summed E-state index contributed by atoms with van der Waals surface area (Å²) in [6, 6.07) is 0.816. The minimum atomic E-state index is -2.59. The molecule has 0 atom stereocenters. The molecule has 0 aliphatic heterocycles. The Bertz CT molecular complexity index is 342. The van der Waals surface area contributed by atoms with Gasteiger partial charge < -0.3 is 22.8 Å². The van der Waals surface area contributed by atoms with Crippen molar-refractivity contribution in [2.45, 2.75) is 46.0 Å². The Labute approximate surface area is 145 Å². The van der Waals surface area contributed by atoms with E-state index in [2.05, 4.69) is 24.6 Å². The lowest BCUT2D eigenvalue weighted by Crippen LogP contribution is -2.52. The van der Waals surface area contributed by atoms with Crippen LogP contribution in [0, 0.1) is 0 Å². The van der Waals surface area contributed by atoms with E-state index in [0.29, 0.717) is 13.2 Å². The van der Waals surface area contributed by atoms with E-state index in [9.17, 15) is 0 Å². The molecule has 8 heteroatoms. The van der Waals surface area contributed by atoms with E-state index in [1.54, 1.807) is 0 Å². The van der Waals surface area contributed by atoms with Crippen LogP contribution in [-0.4, -0.2) is 80.8 Å². The third-order valence-corrected chi connectivity index (χ3v) is 9.00. The first-order valence-electron chi connectivity index (χ1n) is 8.44. The molecule has 0 aromatic carbocycles. The third-order valence-electron chi connectivity index (χ3n) is 2.88. The van der Waals surface area contributed by atoms with E-state index in [0.717, 1.165) is 25.0 Å². The number of hydrogen-bond acceptors (Lipinski definition) is 4. The molecule has 0 rings (SSSR count). The van der Waals surface area contributed by atoms with Crippen LogP contribution in [0.2, 0.25) is 25.7 Å². The number of hydrogen-bond donors (Lipinski definition) is 0. The standard InChI is InChI=1S/C15H37N3O3Si2/c1-10-19-23(20-11-2,21-22(7,8)9)14-12-13-16-15(17(3)4)18(5)6/h10-14H2,1-9H3. The summed E-state index contributed by atoms with van der Waals surface area (Å²) < 4.78 is 18.4. The van der Waals surface area contributed by atoms with Crippen LogP contribution >= 0.6 is 0 Å². The van der Waals surface area contributed by atoms with Gasteiger partial charge in [-0.05, 0) is 39.9 Å². The van der Waals surface area contributed by atoms with Gasteiger partial charge in [-0.2, -0.15) is 0 Å². The molecule has 0 N–H and O–H groups in total. The second-order valence-electron chi connectivity index (χ2n) is 6.84. The molecule has 0 saturated carbocycles. The van der Waals surface area contributed by atoms with Crippen LogP contribution in [0.1, 0.15) is 20.3 Å². The highest BCUT2D eigenvalue weighted by molar-refractivity contribution is 6.80. The Balaban J connectivity index is 4.86. The molecule has 0 radical (unpaired) electrons. The van der Waals surface area contributed by atoms with E-state index in [-0.39, 0.29) is 0 Å². The number of guanidine groups is 1. The summed E-state index contributed by atoms with van der Waals surface area (Å²) in [6.07, 6.45) is 0.905. The minimum absolute atomic E-state index is 0.626. The van der Waals surface area contributed by atoms with Gasteiger partial charge in [0.15, 0.2) is 14.3 Å². The van der Waals surface area contributed by atoms with Gasteiger partial charge in [-0.3, -0.25) is 4.99 Å². The zero-order valence-corrected chi connectivity index (χ0v) is 18.6. The van der Waals surface area contributed by atoms with Gasteiger partial charge in [-0.25, -0.2) is 0 Å². The fourth-order valence-corrected chi connectivity index (χ4v) is 8.81. The normalized spacial score (nSPS) is 12.2. The van der Waals surface area contributed by atoms with Crippen molar-refractivity contribution in [3.8, 4) is 0 Å². The lowest BCUT2D eigenvalue weighted by Gasteiger charge is -2.34. The van der Waals surface area contributed by atoms with Crippen molar-refractivity contribution in [1.82, 2.24) is 9.80 Å². The van der Waals surface area contributed by atoms with E-state index in [4.69, 9.17) is 13.0 Å². The van der Waals surface area contributed by atoms with Crippen LogP contribution < -0.4 is 0 Å². The molecule has 6 nitrogen and oxygen atoms in total. The largest absolute Gasteiger partial charge is 0.490 e. The Morgan fingerprint density at radius 2 is 1.39 bits per heavy atom. The topological polar surface area (TPSA) is 46.5 Å². The number of aliphatic imine (C=N–C) groups is 1. The molecule has 23 heavy (non-hydrogen) atoms. The second kappa shape index (κ2) is 10.4. The molecule has 0 amide bonds. The molecular formula is C15H37N3O3Si2. The average Bonchev–Trinajstić information content (AvgIpc) is 2.36. The van der Waals surface area contributed by atoms with Crippen LogP contribution in [-0.2, 0) is 13.0 Å². The van der Waals surface area contributed by atoms with Crippen LogP contribution in [0.5, 0.6) is 0 Å². The predicted molar refractivity (Wildman–Crippen MR) is 103 cm³/mol. The van der Waals surface area contributed by atoms with Crippen molar-refractivity contribution in [3.05, 3.63) is 0 Å². The Morgan fingerprint density at radius 3 is 1.74 bits per heavy atom. The highest BCUT2D eigenvalue weighted by Crippen LogP contribution is 2.23. The smallest absolute Gasteiger partial charge is 0.416 e. The molecule has 0 aliphatic rings. The van der Waals surface area contributed by atoms with Gasteiger partial charge in [-0.15, -0.1) is 0 Å². The quantitative estimate of drug-likeness (QED) is 0.258. The summed E-state index contributed by atoms with van der Waals surface area (Å²) in [5.41, 5.74) is 0. The van der Waals surface area contributed by atoms with Gasteiger partial charge in [-0.1, -0.05) is 0 Å². The van der Waals surface area contributed by atoms with E-state index in [1.165, 1.54) is 0 Å². The zero-order chi connectivity index (χ0) is 18.1. The maximum Gasteiger partial charge on any atom is 0.490 e. The van der Waals surface area contributed by atoms with Gasteiger partial charge >= 0.3 is 8.80 Å². The summed E-state index contributed by atoms with van der Waals surface area (Å²) in [5, 5.41) is 0. The number of nitrogens with zero attached hydrogens (tertiary/aromatic N) is 3. The number of rotatable bonds is 10. The highest BCUT2D eigenvalue weighted by Gasteiger charge is 2.43. The molecule has 0 fully saturated rings. The molecule has 0 spiro atoms. The lowest BCUT2D eigenvalue weighted by atomic mass is 10.5. The third kappa shape index (κ3) is 9.46. The van der Waals surface area contributed by atoms with Crippen molar-refractivity contribution >= 4 is 23.1 Å². The molecular weight excluding hydrogens is 326 g/mol. The molecule has 0 unspecified atom stereocenters. The van der Waals surface area contributed by atoms with Crippen molar-refractivity contribution in [3.63, 3.8) is 0 Å². The highest BCUT2D eigenvalue weighted by atomic mass is 28.5. The molecule has 0 aromatic heterocycles. The van der Waals surface area contributed by atoms with Crippen LogP contribution in [0.3, 0.4) is 0 Å². The van der Waals surface area contributed by atoms with Crippen molar-refractivity contribution < 1.29 is 13.0 Å². The Hall–Kier alpha value is -0.416. The van der Waals surface area contributed by atoms with Gasteiger partial charge in [0.1, 0.15) is 0 Å². The maximum atomic E-state index is 6.37. The predicted octanol–water partition coefficient (Wildman–Crippen LogP) is 2.72. The van der Waals surface area contributed by atoms with Gasteiger partial charge in [0.25, 0.3) is 0 Å². The maximum absolute atomic E-state index is 6.37. The second-order valence-corrected chi connectivity index (χ2v) is 14.3.